The van der Waals surface area contributed by atoms with E-state index in [1.165, 1.54) is 0 Å². The monoisotopic (exact) mass is 394 g/mol. The normalized spacial score (nSPS) is 13.2. The number of ether oxygens (including phenoxy) is 3. The van der Waals surface area contributed by atoms with Crippen molar-refractivity contribution in [2.75, 3.05) is 20.8 Å². The minimum absolute atomic E-state index is 0.0250. The molecule has 2 unspecified atom stereocenters. The van der Waals surface area contributed by atoms with Crippen molar-refractivity contribution in [3.63, 3.8) is 0 Å². The maximum atomic E-state index is 12.7. The summed E-state index contributed by atoms with van der Waals surface area (Å²) in [6.45, 7) is 9.68. The summed E-state index contributed by atoms with van der Waals surface area (Å²) in [6.07, 6.45) is 0.753. The van der Waals surface area contributed by atoms with Crippen molar-refractivity contribution in [3.05, 3.63) is 23.8 Å². The molecular formula is C21H34N2O5. The van der Waals surface area contributed by atoms with Crippen LogP contribution in [0.5, 0.6) is 11.5 Å². The van der Waals surface area contributed by atoms with Gasteiger partial charge in [0.15, 0.2) is 0 Å². The van der Waals surface area contributed by atoms with Crippen molar-refractivity contribution < 1.29 is 23.8 Å². The maximum absolute atomic E-state index is 12.7. The Bertz CT molecular complexity index is 655. The highest BCUT2D eigenvalue weighted by atomic mass is 16.6. The predicted octanol–water partition coefficient (Wildman–Crippen LogP) is 3.30. The number of hydrogen-bond acceptors (Lipinski definition) is 5. The standard InChI is InChI=1S/C21H34N2O5/c1-8-14(2)18(23-20(25)28-21(3,4)5)19(24)22-12-11-15-9-10-16(26-6)13-17(15)27-7/h9-10,13-14,18H,8,11-12H2,1-7H3,(H,22,24)(H,23,25). The molecule has 0 saturated heterocycles. The van der Waals surface area contributed by atoms with Gasteiger partial charge >= 0.3 is 6.09 Å². The van der Waals surface area contributed by atoms with E-state index in [-0.39, 0.29) is 11.8 Å². The second kappa shape index (κ2) is 10.8. The van der Waals surface area contributed by atoms with Crippen molar-refractivity contribution in [3.8, 4) is 11.5 Å². The van der Waals surface area contributed by atoms with Crippen LogP contribution in [0.4, 0.5) is 4.79 Å². The van der Waals surface area contributed by atoms with Gasteiger partial charge in [-0.15, -0.1) is 0 Å². The van der Waals surface area contributed by atoms with Crippen LogP contribution in [0.25, 0.3) is 0 Å². The molecule has 0 aliphatic carbocycles. The molecule has 0 aliphatic heterocycles. The molecule has 0 heterocycles. The van der Waals surface area contributed by atoms with Crippen LogP contribution in [-0.4, -0.2) is 44.4 Å². The fourth-order valence-electron chi connectivity index (χ4n) is 2.63. The predicted molar refractivity (Wildman–Crippen MR) is 109 cm³/mol. The average molecular weight is 395 g/mol. The molecule has 0 spiro atoms. The molecule has 158 valence electrons. The lowest BCUT2D eigenvalue weighted by Gasteiger charge is -2.26. The van der Waals surface area contributed by atoms with Crippen molar-refractivity contribution >= 4 is 12.0 Å². The zero-order valence-electron chi connectivity index (χ0n) is 18.0. The number of carbonyl (C=O) groups excluding carboxylic acids is 2. The lowest BCUT2D eigenvalue weighted by Crippen LogP contribution is -2.51. The molecule has 1 aromatic carbocycles. The van der Waals surface area contributed by atoms with Crippen LogP contribution in [0.2, 0.25) is 0 Å². The lowest BCUT2D eigenvalue weighted by molar-refractivity contribution is -0.124. The van der Waals surface area contributed by atoms with Gasteiger partial charge in [0.05, 0.1) is 14.2 Å². The van der Waals surface area contributed by atoms with Gasteiger partial charge < -0.3 is 24.8 Å². The molecule has 7 nitrogen and oxygen atoms in total. The highest BCUT2D eigenvalue weighted by molar-refractivity contribution is 5.86. The van der Waals surface area contributed by atoms with Crippen LogP contribution < -0.4 is 20.1 Å². The van der Waals surface area contributed by atoms with E-state index in [0.717, 1.165) is 12.0 Å². The molecule has 1 rings (SSSR count). The Balaban J connectivity index is 2.70. The number of rotatable bonds is 9. The number of hydrogen-bond donors (Lipinski definition) is 2. The molecule has 1 aromatic rings. The van der Waals surface area contributed by atoms with E-state index in [9.17, 15) is 9.59 Å². The smallest absolute Gasteiger partial charge is 0.408 e. The van der Waals surface area contributed by atoms with Gasteiger partial charge in [-0.05, 0) is 44.7 Å². The highest BCUT2D eigenvalue weighted by Gasteiger charge is 2.28. The van der Waals surface area contributed by atoms with Crippen LogP contribution in [0.3, 0.4) is 0 Å². The summed E-state index contributed by atoms with van der Waals surface area (Å²) < 4.78 is 15.9. The minimum atomic E-state index is -0.655. The molecular weight excluding hydrogens is 360 g/mol. The fourth-order valence-corrected chi connectivity index (χ4v) is 2.63. The molecule has 0 saturated carbocycles. The quantitative estimate of drug-likeness (QED) is 0.671. The van der Waals surface area contributed by atoms with Gasteiger partial charge in [0.25, 0.3) is 0 Å². The van der Waals surface area contributed by atoms with Gasteiger partial charge in [-0.2, -0.15) is 0 Å². The summed E-state index contributed by atoms with van der Waals surface area (Å²) >= 11 is 0. The van der Waals surface area contributed by atoms with E-state index in [1.54, 1.807) is 35.0 Å². The summed E-state index contributed by atoms with van der Waals surface area (Å²) in [5.41, 5.74) is 0.342. The van der Waals surface area contributed by atoms with Crippen LogP contribution in [-0.2, 0) is 16.0 Å². The first-order valence-corrected chi connectivity index (χ1v) is 9.59. The number of alkyl carbamates (subject to hydrolysis) is 1. The third kappa shape index (κ3) is 7.66. The van der Waals surface area contributed by atoms with Crippen molar-refractivity contribution in [1.82, 2.24) is 10.6 Å². The van der Waals surface area contributed by atoms with E-state index >= 15 is 0 Å². The van der Waals surface area contributed by atoms with E-state index in [2.05, 4.69) is 10.6 Å². The minimum Gasteiger partial charge on any atom is -0.497 e. The third-order valence-electron chi connectivity index (χ3n) is 4.36. The van der Waals surface area contributed by atoms with Crippen LogP contribution >= 0.6 is 0 Å². The summed E-state index contributed by atoms with van der Waals surface area (Å²) in [5.74, 6) is 1.16. The van der Waals surface area contributed by atoms with Crippen molar-refractivity contribution in [2.24, 2.45) is 5.92 Å². The molecule has 28 heavy (non-hydrogen) atoms. The summed E-state index contributed by atoms with van der Waals surface area (Å²) in [5, 5.41) is 5.59. The third-order valence-corrected chi connectivity index (χ3v) is 4.36. The first-order valence-electron chi connectivity index (χ1n) is 9.59. The second-order valence-corrected chi connectivity index (χ2v) is 7.73. The molecule has 0 bridgehead atoms. The van der Waals surface area contributed by atoms with Crippen molar-refractivity contribution in [2.45, 2.75) is 59.1 Å². The molecule has 2 atom stereocenters. The molecule has 2 N–H and O–H groups in total. The van der Waals surface area contributed by atoms with Gasteiger partial charge in [-0.3, -0.25) is 4.79 Å². The van der Waals surface area contributed by atoms with Crippen molar-refractivity contribution in [1.29, 1.82) is 0 Å². The summed E-state index contributed by atoms with van der Waals surface area (Å²) in [7, 11) is 3.20. The average Bonchev–Trinajstić information content (AvgIpc) is 2.64. The Morgan fingerprint density at radius 3 is 2.36 bits per heavy atom. The van der Waals surface area contributed by atoms with E-state index in [1.807, 2.05) is 32.0 Å². The topological polar surface area (TPSA) is 85.9 Å². The first-order chi connectivity index (χ1) is 13.1. The fraction of sp³-hybridized carbons (Fsp3) is 0.619. The van der Waals surface area contributed by atoms with Crippen LogP contribution in [0.15, 0.2) is 18.2 Å². The Morgan fingerprint density at radius 2 is 1.82 bits per heavy atom. The van der Waals surface area contributed by atoms with Gasteiger partial charge in [0, 0.05) is 12.6 Å². The number of methoxy groups -OCH3 is 2. The zero-order valence-corrected chi connectivity index (χ0v) is 18.0. The molecule has 0 radical (unpaired) electrons. The molecule has 0 aromatic heterocycles. The maximum Gasteiger partial charge on any atom is 0.408 e. The van der Waals surface area contributed by atoms with Gasteiger partial charge in [0.2, 0.25) is 5.91 Å². The first kappa shape index (κ1) is 23.6. The Hall–Kier alpha value is -2.44. The van der Waals surface area contributed by atoms with Crippen LogP contribution in [0, 0.1) is 5.92 Å². The lowest BCUT2D eigenvalue weighted by atomic mass is 9.98. The van der Waals surface area contributed by atoms with Gasteiger partial charge in [0.1, 0.15) is 23.1 Å². The number of benzene rings is 1. The van der Waals surface area contributed by atoms with Gasteiger partial charge in [-0.1, -0.05) is 26.3 Å². The molecule has 7 heteroatoms. The number of amides is 2. The summed E-state index contributed by atoms with van der Waals surface area (Å²) in [4.78, 5) is 24.7. The Morgan fingerprint density at radius 1 is 1.14 bits per heavy atom. The Kier molecular flexibility index (Phi) is 9.09. The SMILES string of the molecule is CCC(C)C(NC(=O)OC(C)(C)C)C(=O)NCCc1ccc(OC)cc1OC. The number of carbonyl (C=O) groups is 2. The van der Waals surface area contributed by atoms with Gasteiger partial charge in [-0.25, -0.2) is 4.79 Å². The second-order valence-electron chi connectivity index (χ2n) is 7.73. The van der Waals surface area contributed by atoms with E-state index < -0.39 is 17.7 Å². The Labute approximate surface area is 168 Å². The molecule has 0 aliphatic rings. The van der Waals surface area contributed by atoms with E-state index in [0.29, 0.717) is 24.5 Å². The molecule has 0 fully saturated rings. The largest absolute Gasteiger partial charge is 0.497 e. The van der Waals surface area contributed by atoms with Crippen LogP contribution in [0.1, 0.15) is 46.6 Å². The van der Waals surface area contributed by atoms with E-state index in [4.69, 9.17) is 14.2 Å². The number of nitrogens with one attached hydrogen (secondary N) is 2. The summed E-state index contributed by atoms with van der Waals surface area (Å²) in [6, 6.07) is 4.92. The highest BCUT2D eigenvalue weighted by Crippen LogP contribution is 2.24. The molecule has 2 amide bonds. The zero-order chi connectivity index (χ0) is 21.3.